The van der Waals surface area contributed by atoms with Gasteiger partial charge in [0.25, 0.3) is 0 Å². The summed E-state index contributed by atoms with van der Waals surface area (Å²) in [5.41, 5.74) is 9.71. The van der Waals surface area contributed by atoms with Gasteiger partial charge < -0.3 is 10.6 Å². The zero-order valence-corrected chi connectivity index (χ0v) is 19.2. The van der Waals surface area contributed by atoms with Crippen molar-refractivity contribution >= 4 is 39.1 Å². The summed E-state index contributed by atoms with van der Waals surface area (Å²) in [6.45, 7) is 0.999. The number of aromatic amines is 1. The molecule has 4 rings (SSSR count). The van der Waals surface area contributed by atoms with Crippen molar-refractivity contribution in [2.45, 2.75) is 37.0 Å². The number of benzene rings is 2. The number of amides is 1. The quantitative estimate of drug-likeness (QED) is 0.466. The van der Waals surface area contributed by atoms with Gasteiger partial charge in [-0.05, 0) is 40.8 Å². The minimum Gasteiger partial charge on any atom is -0.333 e. The molecule has 1 atom stereocenters. The number of hydrogen-bond acceptors (Lipinski definition) is 5. The van der Waals surface area contributed by atoms with Crippen LogP contribution in [0.1, 0.15) is 22.3 Å². The normalized spacial score (nSPS) is 14.4. The fourth-order valence-corrected chi connectivity index (χ4v) is 5.02. The first kappa shape index (κ1) is 22.8. The van der Waals surface area contributed by atoms with Crippen LogP contribution in [0.2, 0.25) is 10.0 Å². The van der Waals surface area contributed by atoms with Crippen molar-refractivity contribution in [1.29, 1.82) is 0 Å². The maximum absolute atomic E-state index is 12.9. The van der Waals surface area contributed by atoms with Gasteiger partial charge in [0.05, 0.1) is 12.2 Å². The monoisotopic (exact) mass is 493 g/mol. The van der Waals surface area contributed by atoms with Gasteiger partial charge >= 0.3 is 0 Å². The number of sulfonamides is 1. The number of hydrogen-bond donors (Lipinski definition) is 3. The second-order valence-electron chi connectivity index (χ2n) is 7.60. The van der Waals surface area contributed by atoms with E-state index >= 15 is 0 Å². The minimum absolute atomic E-state index is 0.0743. The maximum atomic E-state index is 12.9. The van der Waals surface area contributed by atoms with Crippen LogP contribution in [0.5, 0.6) is 0 Å². The Kier molecular flexibility index (Phi) is 6.55. The number of carbonyl (C=O) groups is 1. The zero-order valence-electron chi connectivity index (χ0n) is 16.9. The molecule has 168 valence electrons. The van der Waals surface area contributed by atoms with Gasteiger partial charge in [0.15, 0.2) is 0 Å². The zero-order chi connectivity index (χ0) is 22.9. The number of halogens is 2. The Morgan fingerprint density at radius 3 is 2.69 bits per heavy atom. The molecule has 0 unspecified atom stereocenters. The molecule has 0 saturated carbocycles. The summed E-state index contributed by atoms with van der Waals surface area (Å²) in [6.07, 6.45) is 2.87. The van der Waals surface area contributed by atoms with Crippen molar-refractivity contribution < 1.29 is 13.2 Å². The molecule has 0 bridgehead atoms. The van der Waals surface area contributed by atoms with Gasteiger partial charge in [-0.3, -0.25) is 9.89 Å². The summed E-state index contributed by atoms with van der Waals surface area (Å²) in [5.74, 6) is -0.172. The molecule has 2 aromatic carbocycles. The summed E-state index contributed by atoms with van der Waals surface area (Å²) >= 11 is 12.1. The summed E-state index contributed by atoms with van der Waals surface area (Å²) in [5, 5.41) is 7.15. The van der Waals surface area contributed by atoms with E-state index in [-0.39, 0.29) is 17.3 Å². The Balaban J connectivity index is 1.38. The first-order chi connectivity index (χ1) is 15.2. The molecule has 0 spiro atoms. The molecule has 32 heavy (non-hydrogen) atoms. The van der Waals surface area contributed by atoms with E-state index in [9.17, 15) is 13.2 Å². The van der Waals surface area contributed by atoms with Crippen molar-refractivity contribution in [1.82, 2.24) is 19.8 Å². The molecule has 4 N–H and O–H groups in total. The molecular weight excluding hydrogens is 473 g/mol. The van der Waals surface area contributed by atoms with E-state index in [2.05, 4.69) is 14.9 Å². The highest BCUT2D eigenvalue weighted by Gasteiger charge is 2.28. The van der Waals surface area contributed by atoms with Crippen molar-refractivity contribution in [3.63, 3.8) is 0 Å². The predicted molar refractivity (Wildman–Crippen MR) is 121 cm³/mol. The number of fused-ring (bicyclic) bond motifs is 1. The SMILES string of the molecule is N[C@H](Cc1ccc(Cl)cc1Cl)C(=O)N1Cc2ccc(CNS(=O)(=O)c3cn[nH]c3)cc2C1. The minimum atomic E-state index is -3.64. The second-order valence-corrected chi connectivity index (χ2v) is 10.2. The van der Waals surface area contributed by atoms with Crippen LogP contribution >= 0.6 is 23.2 Å². The Morgan fingerprint density at radius 2 is 1.97 bits per heavy atom. The second kappa shape index (κ2) is 9.21. The molecule has 3 aromatic rings. The molecule has 1 amide bonds. The summed E-state index contributed by atoms with van der Waals surface area (Å²) in [7, 11) is -3.64. The molecule has 0 radical (unpaired) electrons. The van der Waals surface area contributed by atoms with Crippen LogP contribution in [0.3, 0.4) is 0 Å². The van der Waals surface area contributed by atoms with Gasteiger partial charge in [-0.1, -0.05) is 47.5 Å². The fraction of sp³-hybridized carbons (Fsp3) is 0.238. The number of nitrogens with two attached hydrogens (primary N) is 1. The summed E-state index contributed by atoms with van der Waals surface area (Å²) in [4.78, 5) is 14.7. The van der Waals surface area contributed by atoms with Gasteiger partial charge in [-0.25, -0.2) is 13.1 Å². The van der Waals surface area contributed by atoms with E-state index in [4.69, 9.17) is 28.9 Å². The van der Waals surface area contributed by atoms with E-state index in [0.29, 0.717) is 29.6 Å². The lowest BCUT2D eigenvalue weighted by atomic mass is 10.1. The maximum Gasteiger partial charge on any atom is 0.243 e. The van der Waals surface area contributed by atoms with E-state index in [1.54, 1.807) is 23.1 Å². The van der Waals surface area contributed by atoms with Crippen LogP contribution in [0.15, 0.2) is 53.7 Å². The largest absolute Gasteiger partial charge is 0.333 e. The average Bonchev–Trinajstić information content (AvgIpc) is 3.44. The number of H-pyrrole nitrogens is 1. The molecule has 1 aliphatic heterocycles. The van der Waals surface area contributed by atoms with Crippen LogP contribution in [0.4, 0.5) is 0 Å². The van der Waals surface area contributed by atoms with E-state index < -0.39 is 16.1 Å². The van der Waals surface area contributed by atoms with E-state index in [1.807, 2.05) is 18.2 Å². The lowest BCUT2D eigenvalue weighted by Crippen LogP contribution is -2.42. The lowest BCUT2D eigenvalue weighted by molar-refractivity contribution is -0.133. The van der Waals surface area contributed by atoms with E-state index in [0.717, 1.165) is 22.3 Å². The van der Waals surface area contributed by atoms with Crippen molar-refractivity contribution in [3.8, 4) is 0 Å². The van der Waals surface area contributed by atoms with Gasteiger partial charge in [0.2, 0.25) is 15.9 Å². The number of carbonyl (C=O) groups excluding carboxylic acids is 1. The fourth-order valence-electron chi connectivity index (χ4n) is 3.61. The number of rotatable bonds is 7. The first-order valence-corrected chi connectivity index (χ1v) is 12.0. The lowest BCUT2D eigenvalue weighted by Gasteiger charge is -2.20. The highest BCUT2D eigenvalue weighted by molar-refractivity contribution is 7.89. The molecule has 1 aliphatic rings. The number of nitrogens with zero attached hydrogens (tertiary/aromatic N) is 2. The topological polar surface area (TPSA) is 121 Å². The van der Waals surface area contributed by atoms with E-state index in [1.165, 1.54) is 12.4 Å². The Hall–Kier alpha value is -2.43. The van der Waals surface area contributed by atoms with Crippen LogP contribution in [-0.2, 0) is 40.9 Å². The molecule has 0 fully saturated rings. The third-order valence-electron chi connectivity index (χ3n) is 5.33. The van der Waals surface area contributed by atoms with Crippen molar-refractivity contribution in [3.05, 3.63) is 81.1 Å². The van der Waals surface area contributed by atoms with Gasteiger partial charge in [-0.2, -0.15) is 5.10 Å². The summed E-state index contributed by atoms with van der Waals surface area (Å²) in [6, 6.07) is 10.0. The highest BCUT2D eigenvalue weighted by Crippen LogP contribution is 2.26. The third-order valence-corrected chi connectivity index (χ3v) is 7.28. The highest BCUT2D eigenvalue weighted by atomic mass is 35.5. The van der Waals surface area contributed by atoms with Gasteiger partial charge in [0.1, 0.15) is 4.90 Å². The molecule has 1 aromatic heterocycles. The first-order valence-electron chi connectivity index (χ1n) is 9.80. The molecule has 2 heterocycles. The van der Waals surface area contributed by atoms with Crippen LogP contribution in [-0.4, -0.2) is 35.5 Å². The van der Waals surface area contributed by atoms with Gasteiger partial charge in [0, 0.05) is 35.9 Å². The number of nitrogens with one attached hydrogen (secondary N) is 2. The predicted octanol–water partition coefficient (Wildman–Crippen LogP) is 2.61. The third kappa shape index (κ3) is 4.97. The smallest absolute Gasteiger partial charge is 0.243 e. The Morgan fingerprint density at radius 1 is 1.19 bits per heavy atom. The molecule has 0 saturated heterocycles. The Bertz CT molecular complexity index is 1250. The molecule has 11 heteroatoms. The Labute approximate surface area is 195 Å². The van der Waals surface area contributed by atoms with Crippen molar-refractivity contribution in [2.75, 3.05) is 0 Å². The molecular formula is C21H21Cl2N5O3S. The van der Waals surface area contributed by atoms with Gasteiger partial charge in [-0.15, -0.1) is 0 Å². The van der Waals surface area contributed by atoms with Crippen LogP contribution in [0, 0.1) is 0 Å². The molecule has 0 aliphatic carbocycles. The van der Waals surface area contributed by atoms with Crippen LogP contribution in [0.25, 0.3) is 0 Å². The van der Waals surface area contributed by atoms with Crippen molar-refractivity contribution in [2.24, 2.45) is 5.73 Å². The summed E-state index contributed by atoms with van der Waals surface area (Å²) < 4.78 is 27.1. The number of aromatic nitrogens is 2. The standard InChI is InChI=1S/C21H21Cl2N5O3S/c22-17-4-3-14(19(23)7-17)6-20(24)21(29)28-11-15-2-1-13(5-16(15)12-28)8-27-32(30,31)18-9-25-26-10-18/h1-5,7,9-10,20,27H,6,8,11-12,24H2,(H,25,26)/t20-/m1/s1. The molecule has 8 nitrogen and oxygen atoms in total. The van der Waals surface area contributed by atoms with Crippen LogP contribution < -0.4 is 10.5 Å². The average molecular weight is 494 g/mol.